The summed E-state index contributed by atoms with van der Waals surface area (Å²) in [7, 11) is 0. The number of carbonyl (C=O) groups is 2. The third kappa shape index (κ3) is 3.43. The maximum Gasteiger partial charge on any atom is 0.305 e. The third-order valence-electron chi connectivity index (χ3n) is 2.44. The van der Waals surface area contributed by atoms with Gasteiger partial charge in [0.1, 0.15) is 5.82 Å². The Bertz CT molecular complexity index is 444. The second kappa shape index (κ2) is 6.35. The molecule has 0 spiro atoms. The van der Waals surface area contributed by atoms with Crippen molar-refractivity contribution in [1.29, 1.82) is 0 Å². The van der Waals surface area contributed by atoms with Gasteiger partial charge in [0, 0.05) is 13.1 Å². The van der Waals surface area contributed by atoms with E-state index in [1.807, 2.05) is 0 Å². The van der Waals surface area contributed by atoms with Crippen LogP contribution < -0.4 is 0 Å². The number of rotatable bonds is 5. The van der Waals surface area contributed by atoms with Gasteiger partial charge in [0.15, 0.2) is 0 Å². The molecular formula is C12H13ClFNO3. The van der Waals surface area contributed by atoms with Crippen molar-refractivity contribution in [1.82, 2.24) is 4.90 Å². The Morgan fingerprint density at radius 1 is 1.44 bits per heavy atom. The Morgan fingerprint density at radius 2 is 2.11 bits per heavy atom. The Hall–Kier alpha value is -1.62. The van der Waals surface area contributed by atoms with Crippen LogP contribution in [0.1, 0.15) is 23.7 Å². The minimum Gasteiger partial charge on any atom is -0.481 e. The lowest BCUT2D eigenvalue weighted by Crippen LogP contribution is -2.33. The Kier molecular flexibility index (Phi) is 5.09. The van der Waals surface area contributed by atoms with E-state index in [2.05, 4.69) is 0 Å². The standard InChI is InChI=1S/C12H13ClFNO3/c1-2-15(7-6-10(16)17)12(18)11-8(13)4-3-5-9(11)14/h3-5H,2,6-7H2,1H3,(H,16,17). The van der Waals surface area contributed by atoms with Crippen LogP contribution in [0.5, 0.6) is 0 Å². The average molecular weight is 274 g/mol. The van der Waals surface area contributed by atoms with Crippen molar-refractivity contribution >= 4 is 23.5 Å². The first-order chi connectivity index (χ1) is 8.47. The van der Waals surface area contributed by atoms with Crippen molar-refractivity contribution in [3.05, 3.63) is 34.6 Å². The van der Waals surface area contributed by atoms with Crippen LogP contribution in [0.2, 0.25) is 5.02 Å². The van der Waals surface area contributed by atoms with Gasteiger partial charge in [-0.05, 0) is 19.1 Å². The van der Waals surface area contributed by atoms with Crippen LogP contribution in [0.3, 0.4) is 0 Å². The molecular weight excluding hydrogens is 261 g/mol. The van der Waals surface area contributed by atoms with E-state index < -0.39 is 17.7 Å². The average Bonchev–Trinajstić information content (AvgIpc) is 2.29. The molecule has 0 bridgehead atoms. The highest BCUT2D eigenvalue weighted by Gasteiger charge is 2.21. The van der Waals surface area contributed by atoms with Crippen molar-refractivity contribution in [2.24, 2.45) is 0 Å². The maximum absolute atomic E-state index is 13.5. The fourth-order valence-corrected chi connectivity index (χ4v) is 1.74. The summed E-state index contributed by atoms with van der Waals surface area (Å²) in [6.07, 6.45) is -0.189. The van der Waals surface area contributed by atoms with Gasteiger partial charge in [0.05, 0.1) is 17.0 Å². The number of hydrogen-bond donors (Lipinski definition) is 1. The fraction of sp³-hybridized carbons (Fsp3) is 0.333. The number of nitrogens with zero attached hydrogens (tertiary/aromatic N) is 1. The molecule has 0 aromatic heterocycles. The van der Waals surface area contributed by atoms with Crippen LogP contribution in [0, 0.1) is 5.82 Å². The van der Waals surface area contributed by atoms with Crippen molar-refractivity contribution in [2.45, 2.75) is 13.3 Å². The number of benzene rings is 1. The molecule has 1 N–H and O–H groups in total. The predicted octanol–water partition coefficient (Wildman–Crippen LogP) is 2.42. The smallest absolute Gasteiger partial charge is 0.305 e. The molecule has 18 heavy (non-hydrogen) atoms. The van der Waals surface area contributed by atoms with Crippen molar-refractivity contribution in [3.63, 3.8) is 0 Å². The number of aliphatic carboxylic acids is 1. The van der Waals surface area contributed by atoms with Crippen LogP contribution in [0.25, 0.3) is 0 Å². The molecule has 0 aliphatic heterocycles. The monoisotopic (exact) mass is 273 g/mol. The highest BCUT2D eigenvalue weighted by molar-refractivity contribution is 6.33. The Morgan fingerprint density at radius 3 is 2.61 bits per heavy atom. The summed E-state index contributed by atoms with van der Waals surface area (Å²) in [5, 5.41) is 8.60. The summed E-state index contributed by atoms with van der Waals surface area (Å²) in [4.78, 5) is 23.8. The molecule has 0 aliphatic carbocycles. The van der Waals surface area contributed by atoms with E-state index in [0.29, 0.717) is 0 Å². The summed E-state index contributed by atoms with van der Waals surface area (Å²) >= 11 is 5.78. The van der Waals surface area contributed by atoms with Gasteiger partial charge < -0.3 is 10.0 Å². The molecule has 4 nitrogen and oxygen atoms in total. The summed E-state index contributed by atoms with van der Waals surface area (Å²) in [6, 6.07) is 3.97. The quantitative estimate of drug-likeness (QED) is 0.896. The number of carboxylic acids is 1. The molecule has 0 fully saturated rings. The third-order valence-corrected chi connectivity index (χ3v) is 2.76. The zero-order valence-corrected chi connectivity index (χ0v) is 10.6. The molecule has 0 heterocycles. The van der Waals surface area contributed by atoms with Gasteiger partial charge in [-0.25, -0.2) is 4.39 Å². The van der Waals surface area contributed by atoms with Crippen LogP contribution in [-0.4, -0.2) is 35.0 Å². The zero-order chi connectivity index (χ0) is 13.7. The predicted molar refractivity (Wildman–Crippen MR) is 65.2 cm³/mol. The first-order valence-corrected chi connectivity index (χ1v) is 5.80. The van der Waals surface area contributed by atoms with E-state index in [1.54, 1.807) is 6.92 Å². The molecule has 6 heteroatoms. The summed E-state index contributed by atoms with van der Waals surface area (Å²) < 4.78 is 13.5. The number of halogens is 2. The summed E-state index contributed by atoms with van der Waals surface area (Å²) in [5.74, 6) is -2.32. The summed E-state index contributed by atoms with van der Waals surface area (Å²) in [6.45, 7) is 2.00. The van der Waals surface area contributed by atoms with Gasteiger partial charge in [-0.1, -0.05) is 17.7 Å². The van der Waals surface area contributed by atoms with Crippen LogP contribution >= 0.6 is 11.6 Å². The minimum atomic E-state index is -1.01. The van der Waals surface area contributed by atoms with Gasteiger partial charge in [-0.15, -0.1) is 0 Å². The van der Waals surface area contributed by atoms with Crippen LogP contribution in [0.4, 0.5) is 4.39 Å². The van der Waals surface area contributed by atoms with Crippen LogP contribution in [0.15, 0.2) is 18.2 Å². The topological polar surface area (TPSA) is 57.6 Å². The fourth-order valence-electron chi connectivity index (χ4n) is 1.49. The second-order valence-electron chi connectivity index (χ2n) is 3.63. The lowest BCUT2D eigenvalue weighted by molar-refractivity contribution is -0.137. The lowest BCUT2D eigenvalue weighted by atomic mass is 10.1. The molecule has 0 saturated heterocycles. The van der Waals surface area contributed by atoms with E-state index in [4.69, 9.17) is 16.7 Å². The second-order valence-corrected chi connectivity index (χ2v) is 4.03. The molecule has 0 unspecified atom stereocenters. The van der Waals surface area contributed by atoms with Gasteiger partial charge in [0.2, 0.25) is 0 Å². The van der Waals surface area contributed by atoms with E-state index in [-0.39, 0.29) is 30.1 Å². The van der Waals surface area contributed by atoms with Gasteiger partial charge in [0.25, 0.3) is 5.91 Å². The molecule has 1 rings (SSSR count). The maximum atomic E-state index is 13.5. The highest BCUT2D eigenvalue weighted by Crippen LogP contribution is 2.20. The number of carboxylic acid groups (broad SMARTS) is 1. The van der Waals surface area contributed by atoms with E-state index in [9.17, 15) is 14.0 Å². The van der Waals surface area contributed by atoms with Gasteiger partial charge >= 0.3 is 5.97 Å². The highest BCUT2D eigenvalue weighted by atomic mass is 35.5. The van der Waals surface area contributed by atoms with E-state index in [0.717, 1.165) is 6.07 Å². The SMILES string of the molecule is CCN(CCC(=O)O)C(=O)c1c(F)cccc1Cl. The molecule has 1 aromatic carbocycles. The number of carbonyl (C=O) groups excluding carboxylic acids is 1. The van der Waals surface area contributed by atoms with E-state index in [1.165, 1.54) is 17.0 Å². The normalized spacial score (nSPS) is 10.2. The molecule has 0 radical (unpaired) electrons. The number of amides is 1. The van der Waals surface area contributed by atoms with Crippen molar-refractivity contribution < 1.29 is 19.1 Å². The molecule has 98 valence electrons. The molecule has 0 aliphatic rings. The largest absolute Gasteiger partial charge is 0.481 e. The lowest BCUT2D eigenvalue weighted by Gasteiger charge is -2.20. The Labute approximate surface area is 109 Å². The first-order valence-electron chi connectivity index (χ1n) is 5.42. The minimum absolute atomic E-state index is 0.0220. The van der Waals surface area contributed by atoms with Gasteiger partial charge in [-0.2, -0.15) is 0 Å². The Balaban J connectivity index is 2.93. The molecule has 0 saturated carbocycles. The van der Waals surface area contributed by atoms with Crippen LogP contribution in [-0.2, 0) is 4.79 Å². The van der Waals surface area contributed by atoms with E-state index >= 15 is 0 Å². The molecule has 1 aromatic rings. The first kappa shape index (κ1) is 14.4. The molecule has 0 atom stereocenters. The summed E-state index contributed by atoms with van der Waals surface area (Å²) in [5.41, 5.74) is -0.216. The number of hydrogen-bond acceptors (Lipinski definition) is 2. The van der Waals surface area contributed by atoms with Crippen molar-refractivity contribution in [2.75, 3.05) is 13.1 Å². The van der Waals surface area contributed by atoms with Crippen molar-refractivity contribution in [3.8, 4) is 0 Å². The zero-order valence-electron chi connectivity index (χ0n) is 9.82. The molecule has 1 amide bonds. The van der Waals surface area contributed by atoms with Gasteiger partial charge in [-0.3, -0.25) is 9.59 Å².